The molecule has 0 saturated carbocycles. The Bertz CT molecular complexity index is 1470. The summed E-state index contributed by atoms with van der Waals surface area (Å²) < 4.78 is 40.7. The summed E-state index contributed by atoms with van der Waals surface area (Å²) in [7, 11) is -4.43. The van der Waals surface area contributed by atoms with Crippen molar-refractivity contribution in [3.8, 4) is 22.5 Å². The Morgan fingerprint density at radius 1 is 1.00 bits per heavy atom. The van der Waals surface area contributed by atoms with E-state index in [1.54, 1.807) is 18.2 Å². The van der Waals surface area contributed by atoms with E-state index in [0.29, 0.717) is 29.0 Å². The molecule has 2 aromatic carbocycles. The van der Waals surface area contributed by atoms with Crippen molar-refractivity contribution >= 4 is 26.8 Å². The summed E-state index contributed by atoms with van der Waals surface area (Å²) in [6.45, 7) is 9.36. The number of benzene rings is 3. The molecule has 2 N–H and O–H groups in total. The SMILES string of the molecule is CCN=c1cc2oc3cc(NCC)c(C)cc3c(-c3ccccc3S(=O)(=O)O)c-2cc1C. The number of nitrogens with zero attached hydrogens (tertiary/aromatic N) is 1. The first-order valence-corrected chi connectivity index (χ1v) is 12.0. The zero-order valence-corrected chi connectivity index (χ0v) is 19.4. The number of aryl methyl sites for hydroxylation is 2. The maximum absolute atomic E-state index is 12.2. The second-order valence-electron chi connectivity index (χ2n) is 7.75. The predicted octanol–water partition coefficient (Wildman–Crippen LogP) is 5.42. The molecule has 0 aromatic heterocycles. The van der Waals surface area contributed by atoms with Crippen molar-refractivity contribution in [3.63, 3.8) is 0 Å². The topological polar surface area (TPSA) is 91.9 Å². The van der Waals surface area contributed by atoms with Gasteiger partial charge in [-0.25, -0.2) is 0 Å². The molecule has 0 bridgehead atoms. The highest BCUT2D eigenvalue weighted by molar-refractivity contribution is 7.86. The van der Waals surface area contributed by atoms with Crippen molar-refractivity contribution in [2.24, 2.45) is 4.99 Å². The number of anilines is 1. The van der Waals surface area contributed by atoms with Crippen molar-refractivity contribution in [1.82, 2.24) is 0 Å². The maximum Gasteiger partial charge on any atom is 0.295 e. The third-order valence-electron chi connectivity index (χ3n) is 5.51. The molecule has 0 amide bonds. The monoisotopic (exact) mass is 450 g/mol. The van der Waals surface area contributed by atoms with E-state index in [1.807, 2.05) is 52.0 Å². The first-order chi connectivity index (χ1) is 15.2. The second-order valence-corrected chi connectivity index (χ2v) is 9.14. The Kier molecular flexibility index (Phi) is 5.79. The molecule has 0 atom stereocenters. The number of nitrogens with one attached hydrogen (secondary N) is 1. The van der Waals surface area contributed by atoms with Gasteiger partial charge in [-0.15, -0.1) is 0 Å². The van der Waals surface area contributed by atoms with E-state index >= 15 is 0 Å². The highest BCUT2D eigenvalue weighted by atomic mass is 32.2. The molecule has 1 aliphatic heterocycles. The van der Waals surface area contributed by atoms with Crippen LogP contribution >= 0.6 is 0 Å². The molecule has 1 heterocycles. The van der Waals surface area contributed by atoms with Gasteiger partial charge in [0.1, 0.15) is 16.2 Å². The van der Waals surface area contributed by atoms with E-state index in [9.17, 15) is 13.0 Å². The summed E-state index contributed by atoms with van der Waals surface area (Å²) in [6, 6.07) is 14.3. The van der Waals surface area contributed by atoms with Crippen LogP contribution in [-0.4, -0.2) is 26.1 Å². The van der Waals surface area contributed by atoms with Gasteiger partial charge in [-0.05, 0) is 57.0 Å². The zero-order chi connectivity index (χ0) is 23.0. The quantitative estimate of drug-likeness (QED) is 0.313. The fraction of sp³-hybridized carbons (Fsp3) is 0.240. The molecular weight excluding hydrogens is 424 g/mol. The van der Waals surface area contributed by atoms with Crippen LogP contribution in [0.1, 0.15) is 25.0 Å². The third-order valence-corrected chi connectivity index (χ3v) is 6.43. The fourth-order valence-electron chi connectivity index (χ4n) is 4.10. The van der Waals surface area contributed by atoms with Gasteiger partial charge in [-0.1, -0.05) is 18.2 Å². The standard InChI is InChI=1S/C25H26N2O4S/c1-5-26-20-13-22-18(11-15(20)3)25(17-9-7-8-10-24(17)32(28,29)30)19-12-16(4)21(27-6-2)14-23(19)31-22/h7-14,26H,5-6H2,1-4H3,(H,28,29,30). The molecular formula is C25H26N2O4S. The minimum absolute atomic E-state index is 0.137. The number of hydrogen-bond acceptors (Lipinski definition) is 5. The highest BCUT2D eigenvalue weighted by Crippen LogP contribution is 2.43. The van der Waals surface area contributed by atoms with Crippen molar-refractivity contribution in [3.05, 3.63) is 65.0 Å². The summed E-state index contributed by atoms with van der Waals surface area (Å²) >= 11 is 0. The highest BCUT2D eigenvalue weighted by Gasteiger charge is 2.24. The van der Waals surface area contributed by atoms with Gasteiger partial charge in [0.05, 0.1) is 5.36 Å². The van der Waals surface area contributed by atoms with Crippen molar-refractivity contribution in [2.75, 3.05) is 18.4 Å². The van der Waals surface area contributed by atoms with Crippen LogP contribution in [0, 0.1) is 13.8 Å². The molecule has 32 heavy (non-hydrogen) atoms. The van der Waals surface area contributed by atoms with Crippen LogP contribution in [0.3, 0.4) is 0 Å². The Morgan fingerprint density at radius 2 is 1.75 bits per heavy atom. The van der Waals surface area contributed by atoms with Crippen molar-refractivity contribution in [2.45, 2.75) is 32.6 Å². The number of fused-ring (bicyclic) bond motifs is 2. The lowest BCUT2D eigenvalue weighted by Crippen LogP contribution is -2.09. The van der Waals surface area contributed by atoms with E-state index < -0.39 is 10.1 Å². The molecule has 166 valence electrons. The Labute approximate surface area is 187 Å². The summed E-state index contributed by atoms with van der Waals surface area (Å²) in [6.07, 6.45) is 0. The van der Waals surface area contributed by atoms with E-state index in [-0.39, 0.29) is 4.90 Å². The van der Waals surface area contributed by atoms with Crippen molar-refractivity contribution < 1.29 is 17.4 Å². The predicted molar refractivity (Wildman–Crippen MR) is 128 cm³/mol. The molecule has 4 rings (SSSR count). The summed E-state index contributed by atoms with van der Waals surface area (Å²) in [4.78, 5) is 4.41. The van der Waals surface area contributed by atoms with Gasteiger partial charge in [0.2, 0.25) is 0 Å². The van der Waals surface area contributed by atoms with Gasteiger partial charge < -0.3 is 9.73 Å². The van der Waals surface area contributed by atoms with E-state index in [1.165, 1.54) is 6.07 Å². The minimum Gasteiger partial charge on any atom is -0.456 e. The van der Waals surface area contributed by atoms with Crippen molar-refractivity contribution in [1.29, 1.82) is 0 Å². The Balaban J connectivity index is 2.23. The van der Waals surface area contributed by atoms with Gasteiger partial charge in [-0.2, -0.15) is 8.42 Å². The third kappa shape index (κ3) is 3.89. The summed E-state index contributed by atoms with van der Waals surface area (Å²) in [5, 5.41) is 4.94. The van der Waals surface area contributed by atoms with Crippen LogP contribution in [0.5, 0.6) is 0 Å². The van der Waals surface area contributed by atoms with Gasteiger partial charge in [0, 0.05) is 53.0 Å². The van der Waals surface area contributed by atoms with Crippen LogP contribution in [0.2, 0.25) is 0 Å². The smallest absolute Gasteiger partial charge is 0.295 e. The lowest BCUT2D eigenvalue weighted by Gasteiger charge is -2.19. The lowest BCUT2D eigenvalue weighted by atomic mass is 9.91. The molecule has 2 aromatic rings. The van der Waals surface area contributed by atoms with Crippen LogP contribution in [0.15, 0.2) is 62.8 Å². The van der Waals surface area contributed by atoms with E-state index in [2.05, 4.69) is 10.3 Å². The number of rotatable bonds is 5. The maximum atomic E-state index is 12.2. The summed E-state index contributed by atoms with van der Waals surface area (Å²) in [5.74, 6) is 0.599. The normalized spacial score (nSPS) is 12.6. The molecule has 0 unspecified atom stereocenters. The van der Waals surface area contributed by atoms with Gasteiger partial charge in [-0.3, -0.25) is 9.55 Å². The molecule has 2 aliphatic rings. The molecule has 0 fully saturated rings. The average Bonchev–Trinajstić information content (AvgIpc) is 2.74. The first kappa shape index (κ1) is 22.0. The molecule has 1 aliphatic carbocycles. The van der Waals surface area contributed by atoms with Crippen LogP contribution in [0.4, 0.5) is 5.69 Å². The summed E-state index contributed by atoms with van der Waals surface area (Å²) in [5.41, 5.74) is 5.42. The Morgan fingerprint density at radius 3 is 2.44 bits per heavy atom. The largest absolute Gasteiger partial charge is 0.456 e. The van der Waals surface area contributed by atoms with Crippen LogP contribution in [0.25, 0.3) is 33.4 Å². The van der Waals surface area contributed by atoms with Gasteiger partial charge in [0.15, 0.2) is 0 Å². The van der Waals surface area contributed by atoms with Crippen LogP contribution in [-0.2, 0) is 10.1 Å². The first-order valence-electron chi connectivity index (χ1n) is 10.6. The zero-order valence-electron chi connectivity index (χ0n) is 18.6. The van der Waals surface area contributed by atoms with Crippen LogP contribution < -0.4 is 10.7 Å². The van der Waals surface area contributed by atoms with Gasteiger partial charge in [0.25, 0.3) is 10.1 Å². The minimum atomic E-state index is -4.43. The van der Waals surface area contributed by atoms with E-state index in [0.717, 1.165) is 39.7 Å². The van der Waals surface area contributed by atoms with Gasteiger partial charge >= 0.3 is 0 Å². The number of hydrogen-bond donors (Lipinski definition) is 2. The lowest BCUT2D eigenvalue weighted by molar-refractivity contribution is 0.483. The molecule has 0 radical (unpaired) electrons. The Hall–Kier alpha value is -3.16. The second kappa shape index (κ2) is 8.41. The molecule has 0 saturated heterocycles. The average molecular weight is 451 g/mol. The molecule has 0 spiro atoms. The molecule has 7 heteroatoms. The fourth-order valence-corrected chi connectivity index (χ4v) is 4.80. The van der Waals surface area contributed by atoms with E-state index in [4.69, 9.17) is 4.42 Å². The molecule has 6 nitrogen and oxygen atoms in total.